The summed E-state index contributed by atoms with van der Waals surface area (Å²) in [6, 6.07) is 0. The van der Waals surface area contributed by atoms with Gasteiger partial charge in [0.25, 0.3) is 0 Å². The average molecular weight is 221 g/mol. The molecule has 0 amide bonds. The summed E-state index contributed by atoms with van der Waals surface area (Å²) in [4.78, 5) is 4.31. The van der Waals surface area contributed by atoms with E-state index in [1.54, 1.807) is 0 Å². The van der Waals surface area contributed by atoms with E-state index in [2.05, 4.69) is 35.6 Å². The summed E-state index contributed by atoms with van der Waals surface area (Å²) < 4.78 is 2.35. The van der Waals surface area contributed by atoms with Crippen molar-refractivity contribution < 1.29 is 0 Å². The summed E-state index contributed by atoms with van der Waals surface area (Å²) in [5, 5.41) is 3.42. The molecule has 1 aromatic heterocycles. The number of aromatic nitrogens is 2. The molecule has 1 saturated heterocycles. The smallest absolute Gasteiger partial charge is 0.0948 e. The van der Waals surface area contributed by atoms with Crippen LogP contribution in [-0.2, 0) is 6.54 Å². The van der Waals surface area contributed by atoms with E-state index in [0.717, 1.165) is 25.6 Å². The third kappa shape index (κ3) is 2.46. The molecule has 1 N–H and O–H groups in total. The maximum absolute atomic E-state index is 4.31. The van der Waals surface area contributed by atoms with Crippen LogP contribution < -0.4 is 5.32 Å². The summed E-state index contributed by atoms with van der Waals surface area (Å²) in [6.07, 6.45) is 5.29. The van der Waals surface area contributed by atoms with Crippen LogP contribution in [0.25, 0.3) is 0 Å². The summed E-state index contributed by atoms with van der Waals surface area (Å²) in [5.74, 6) is 2.11. The summed E-state index contributed by atoms with van der Waals surface area (Å²) in [5.41, 5.74) is 1.41. The standard InChI is InChI=1S/C13H23N3/c1-10(2)11(3)8-16-9-15-7-13(16)12-4-5-14-6-12/h7,9-12,14H,4-6,8H2,1-3H3. The number of imidazole rings is 1. The zero-order valence-electron chi connectivity index (χ0n) is 10.6. The van der Waals surface area contributed by atoms with Gasteiger partial charge in [-0.2, -0.15) is 0 Å². The Balaban J connectivity index is 2.06. The molecule has 0 aromatic carbocycles. The molecule has 0 saturated carbocycles. The number of nitrogens with zero attached hydrogens (tertiary/aromatic N) is 2. The lowest BCUT2D eigenvalue weighted by atomic mass is 9.97. The molecule has 16 heavy (non-hydrogen) atoms. The lowest BCUT2D eigenvalue weighted by Gasteiger charge is -2.19. The summed E-state index contributed by atoms with van der Waals surface area (Å²) in [7, 11) is 0. The van der Waals surface area contributed by atoms with Gasteiger partial charge in [0.2, 0.25) is 0 Å². The minimum absolute atomic E-state index is 0.668. The van der Waals surface area contributed by atoms with Gasteiger partial charge in [-0.1, -0.05) is 20.8 Å². The Morgan fingerprint density at radius 3 is 2.94 bits per heavy atom. The van der Waals surface area contributed by atoms with Crippen LogP contribution in [0.5, 0.6) is 0 Å². The molecule has 2 rings (SSSR count). The first-order valence-corrected chi connectivity index (χ1v) is 6.39. The van der Waals surface area contributed by atoms with Gasteiger partial charge in [-0.05, 0) is 24.8 Å². The molecule has 90 valence electrons. The molecule has 3 nitrogen and oxygen atoms in total. The van der Waals surface area contributed by atoms with Crippen LogP contribution in [0.4, 0.5) is 0 Å². The molecule has 0 spiro atoms. The molecule has 1 aliphatic rings. The quantitative estimate of drug-likeness (QED) is 0.845. The maximum Gasteiger partial charge on any atom is 0.0948 e. The van der Waals surface area contributed by atoms with Crippen LogP contribution in [-0.4, -0.2) is 22.6 Å². The molecule has 0 aliphatic carbocycles. The van der Waals surface area contributed by atoms with E-state index in [9.17, 15) is 0 Å². The first kappa shape index (κ1) is 11.6. The van der Waals surface area contributed by atoms with Gasteiger partial charge < -0.3 is 9.88 Å². The molecular formula is C13H23N3. The highest BCUT2D eigenvalue weighted by atomic mass is 15.1. The molecule has 2 unspecified atom stereocenters. The van der Waals surface area contributed by atoms with Gasteiger partial charge in [0.1, 0.15) is 0 Å². The monoisotopic (exact) mass is 221 g/mol. The van der Waals surface area contributed by atoms with Crippen LogP contribution in [0.1, 0.15) is 38.8 Å². The van der Waals surface area contributed by atoms with Gasteiger partial charge in [-0.3, -0.25) is 0 Å². The first-order chi connectivity index (χ1) is 7.68. The Bertz CT molecular complexity index is 324. The number of hydrogen-bond acceptors (Lipinski definition) is 2. The number of hydrogen-bond donors (Lipinski definition) is 1. The lowest BCUT2D eigenvalue weighted by Crippen LogP contribution is -2.17. The molecule has 3 heteroatoms. The zero-order valence-corrected chi connectivity index (χ0v) is 10.6. The fourth-order valence-electron chi connectivity index (χ4n) is 2.25. The Morgan fingerprint density at radius 2 is 2.31 bits per heavy atom. The summed E-state index contributed by atoms with van der Waals surface area (Å²) in [6.45, 7) is 10.3. The van der Waals surface area contributed by atoms with E-state index in [-0.39, 0.29) is 0 Å². The fraction of sp³-hybridized carbons (Fsp3) is 0.769. The van der Waals surface area contributed by atoms with Gasteiger partial charge >= 0.3 is 0 Å². The van der Waals surface area contributed by atoms with Gasteiger partial charge in [0.05, 0.1) is 6.33 Å². The summed E-state index contributed by atoms with van der Waals surface area (Å²) >= 11 is 0. The second-order valence-corrected chi connectivity index (χ2v) is 5.38. The second-order valence-electron chi connectivity index (χ2n) is 5.38. The van der Waals surface area contributed by atoms with Crippen molar-refractivity contribution in [1.29, 1.82) is 0 Å². The Labute approximate surface area is 98.3 Å². The van der Waals surface area contributed by atoms with Crippen molar-refractivity contribution in [2.75, 3.05) is 13.1 Å². The predicted octanol–water partition coefficient (Wildman–Crippen LogP) is 2.25. The van der Waals surface area contributed by atoms with Gasteiger partial charge in [-0.25, -0.2) is 4.98 Å². The van der Waals surface area contributed by atoms with Crippen molar-refractivity contribution in [2.24, 2.45) is 11.8 Å². The topological polar surface area (TPSA) is 29.9 Å². The van der Waals surface area contributed by atoms with E-state index in [4.69, 9.17) is 0 Å². The lowest BCUT2D eigenvalue weighted by molar-refractivity contribution is 0.358. The van der Waals surface area contributed by atoms with Crippen LogP contribution in [0.2, 0.25) is 0 Å². The predicted molar refractivity (Wildman–Crippen MR) is 66.5 cm³/mol. The molecule has 2 heterocycles. The SMILES string of the molecule is CC(C)C(C)Cn1cncc1C1CCNC1. The molecular weight excluding hydrogens is 198 g/mol. The van der Waals surface area contributed by atoms with E-state index < -0.39 is 0 Å². The van der Waals surface area contributed by atoms with Gasteiger partial charge in [-0.15, -0.1) is 0 Å². The molecule has 2 atom stereocenters. The van der Waals surface area contributed by atoms with Crippen molar-refractivity contribution in [3.8, 4) is 0 Å². The van der Waals surface area contributed by atoms with Crippen molar-refractivity contribution in [2.45, 2.75) is 39.7 Å². The highest BCUT2D eigenvalue weighted by molar-refractivity contribution is 5.09. The molecule has 1 aliphatic heterocycles. The van der Waals surface area contributed by atoms with Crippen LogP contribution in [0, 0.1) is 11.8 Å². The van der Waals surface area contributed by atoms with Crippen molar-refractivity contribution in [1.82, 2.24) is 14.9 Å². The fourth-order valence-corrected chi connectivity index (χ4v) is 2.25. The first-order valence-electron chi connectivity index (χ1n) is 6.39. The Kier molecular flexibility index (Phi) is 3.64. The van der Waals surface area contributed by atoms with Gasteiger partial charge in [0, 0.05) is 30.9 Å². The zero-order chi connectivity index (χ0) is 11.5. The highest BCUT2D eigenvalue weighted by Gasteiger charge is 2.21. The maximum atomic E-state index is 4.31. The van der Waals surface area contributed by atoms with E-state index >= 15 is 0 Å². The van der Waals surface area contributed by atoms with E-state index in [1.807, 2.05) is 12.5 Å². The van der Waals surface area contributed by atoms with E-state index in [0.29, 0.717) is 11.8 Å². The van der Waals surface area contributed by atoms with Gasteiger partial charge in [0.15, 0.2) is 0 Å². The normalized spacial score (nSPS) is 22.9. The molecule has 1 fully saturated rings. The molecule has 1 aromatic rings. The molecule has 0 bridgehead atoms. The largest absolute Gasteiger partial charge is 0.334 e. The average Bonchev–Trinajstić information content (AvgIpc) is 2.85. The van der Waals surface area contributed by atoms with Crippen LogP contribution in [0.3, 0.4) is 0 Å². The van der Waals surface area contributed by atoms with Crippen LogP contribution in [0.15, 0.2) is 12.5 Å². The third-order valence-corrected chi connectivity index (χ3v) is 3.85. The second kappa shape index (κ2) is 5.00. The third-order valence-electron chi connectivity index (χ3n) is 3.85. The minimum Gasteiger partial charge on any atom is -0.334 e. The minimum atomic E-state index is 0.668. The Hall–Kier alpha value is -0.830. The van der Waals surface area contributed by atoms with E-state index in [1.165, 1.54) is 12.1 Å². The highest BCUT2D eigenvalue weighted by Crippen LogP contribution is 2.23. The Morgan fingerprint density at radius 1 is 1.50 bits per heavy atom. The van der Waals surface area contributed by atoms with Crippen molar-refractivity contribution in [3.05, 3.63) is 18.2 Å². The van der Waals surface area contributed by atoms with Crippen molar-refractivity contribution >= 4 is 0 Å². The molecule has 0 radical (unpaired) electrons. The van der Waals surface area contributed by atoms with Crippen molar-refractivity contribution in [3.63, 3.8) is 0 Å². The van der Waals surface area contributed by atoms with Crippen LogP contribution >= 0.6 is 0 Å². The number of nitrogens with one attached hydrogen (secondary N) is 1. The number of rotatable bonds is 4.